The lowest BCUT2D eigenvalue weighted by Gasteiger charge is -2.25. The number of rotatable bonds is 6. The van der Waals surface area contributed by atoms with Gasteiger partial charge in [0, 0.05) is 13.1 Å². The molecule has 0 fully saturated rings. The highest BCUT2D eigenvalue weighted by Gasteiger charge is 2.24. The van der Waals surface area contributed by atoms with Crippen molar-refractivity contribution in [1.29, 1.82) is 0 Å². The summed E-state index contributed by atoms with van der Waals surface area (Å²) in [5.41, 5.74) is 1.56. The first-order valence-electron chi connectivity index (χ1n) is 7.22. The minimum absolute atomic E-state index is 0.202. The average Bonchev–Trinajstić information content (AvgIpc) is 2.90. The smallest absolute Gasteiger partial charge is 0.238 e. The van der Waals surface area contributed by atoms with E-state index in [-0.39, 0.29) is 17.6 Å². The zero-order valence-corrected chi connectivity index (χ0v) is 14.2. The fourth-order valence-corrected chi connectivity index (χ4v) is 3.46. The molecule has 0 unspecified atom stereocenters. The summed E-state index contributed by atoms with van der Waals surface area (Å²) in [6, 6.07) is 10.8. The monoisotopic (exact) mass is 336 g/mol. The lowest BCUT2D eigenvalue weighted by molar-refractivity contribution is -0.129. The number of carbonyl (C=O) groups is 1. The van der Waals surface area contributed by atoms with E-state index in [2.05, 4.69) is 5.16 Å². The van der Waals surface area contributed by atoms with Crippen LogP contribution >= 0.6 is 0 Å². The van der Waals surface area contributed by atoms with Crippen molar-refractivity contribution in [3.05, 3.63) is 53.4 Å². The second kappa shape index (κ2) is 6.95. The van der Waals surface area contributed by atoms with Crippen LogP contribution in [0.1, 0.15) is 30.0 Å². The third-order valence-corrected chi connectivity index (χ3v) is 5.05. The van der Waals surface area contributed by atoms with Crippen LogP contribution in [0.2, 0.25) is 0 Å². The number of benzene rings is 1. The molecule has 0 spiro atoms. The topological polar surface area (TPSA) is 80.5 Å². The van der Waals surface area contributed by atoms with Crippen LogP contribution in [0.25, 0.3) is 0 Å². The fourth-order valence-electron chi connectivity index (χ4n) is 2.21. The molecule has 0 radical (unpaired) electrons. The van der Waals surface area contributed by atoms with Gasteiger partial charge in [0.2, 0.25) is 5.91 Å². The van der Waals surface area contributed by atoms with Gasteiger partial charge < -0.3 is 9.42 Å². The maximum Gasteiger partial charge on any atom is 0.238 e. The van der Waals surface area contributed by atoms with Gasteiger partial charge in [-0.1, -0.05) is 35.5 Å². The van der Waals surface area contributed by atoms with Gasteiger partial charge in [-0.05, 0) is 19.4 Å². The van der Waals surface area contributed by atoms with Crippen LogP contribution in [0.5, 0.6) is 0 Å². The van der Waals surface area contributed by atoms with Gasteiger partial charge in [-0.2, -0.15) is 0 Å². The number of sulfone groups is 1. The molecule has 2 aromatic rings. The highest BCUT2D eigenvalue weighted by Crippen LogP contribution is 2.19. The maximum atomic E-state index is 12.3. The van der Waals surface area contributed by atoms with Crippen molar-refractivity contribution in [1.82, 2.24) is 10.1 Å². The lowest BCUT2D eigenvalue weighted by atomic mass is 10.1. The summed E-state index contributed by atoms with van der Waals surface area (Å²) in [5.74, 6) is -1.08. The highest BCUT2D eigenvalue weighted by atomic mass is 32.2. The Morgan fingerprint density at radius 1 is 1.30 bits per heavy atom. The summed E-state index contributed by atoms with van der Waals surface area (Å²) < 4.78 is 29.2. The molecule has 1 heterocycles. The molecule has 1 amide bonds. The van der Waals surface area contributed by atoms with Gasteiger partial charge in [-0.15, -0.1) is 0 Å². The second-order valence-corrected chi connectivity index (χ2v) is 7.62. The third-order valence-electron chi connectivity index (χ3n) is 3.64. The quantitative estimate of drug-likeness (QED) is 0.807. The van der Waals surface area contributed by atoms with Crippen molar-refractivity contribution in [3.8, 4) is 0 Å². The standard InChI is InChI=1S/C16H20N2O4S/c1-12-9-15(22-17-12)10-23(20,21)11-16(19)18(3)13(2)14-7-5-4-6-8-14/h4-9,13H,10-11H2,1-3H3/t13-/m1/s1. The van der Waals surface area contributed by atoms with E-state index < -0.39 is 21.5 Å². The highest BCUT2D eigenvalue weighted by molar-refractivity contribution is 7.91. The first-order chi connectivity index (χ1) is 10.8. The molecule has 0 aliphatic rings. The van der Waals surface area contributed by atoms with Gasteiger partial charge in [0.1, 0.15) is 11.5 Å². The molecular formula is C16H20N2O4S. The molecule has 1 aromatic heterocycles. The number of carbonyl (C=O) groups excluding carboxylic acids is 1. The predicted molar refractivity (Wildman–Crippen MR) is 86.4 cm³/mol. The summed E-state index contributed by atoms with van der Waals surface area (Å²) in [6.07, 6.45) is 0. The molecule has 0 aliphatic carbocycles. The molecule has 0 bridgehead atoms. The van der Waals surface area contributed by atoms with Crippen molar-refractivity contribution in [3.63, 3.8) is 0 Å². The summed E-state index contributed by atoms with van der Waals surface area (Å²) >= 11 is 0. The molecule has 124 valence electrons. The molecule has 7 heteroatoms. The van der Waals surface area contributed by atoms with Crippen molar-refractivity contribution >= 4 is 15.7 Å². The van der Waals surface area contributed by atoms with Crippen molar-refractivity contribution in [2.75, 3.05) is 12.8 Å². The summed E-state index contributed by atoms with van der Waals surface area (Å²) in [4.78, 5) is 13.7. The first-order valence-corrected chi connectivity index (χ1v) is 9.04. The maximum absolute atomic E-state index is 12.3. The number of amides is 1. The van der Waals surface area contributed by atoms with E-state index in [9.17, 15) is 13.2 Å². The number of nitrogens with zero attached hydrogens (tertiary/aromatic N) is 2. The predicted octanol–water partition coefficient (Wildman–Crippen LogP) is 2.12. The second-order valence-electron chi connectivity index (χ2n) is 5.56. The molecule has 0 aliphatic heterocycles. The number of aryl methyl sites for hydroxylation is 1. The van der Waals surface area contributed by atoms with E-state index in [0.29, 0.717) is 5.69 Å². The van der Waals surface area contributed by atoms with Gasteiger partial charge in [0.15, 0.2) is 15.6 Å². The van der Waals surface area contributed by atoms with Gasteiger partial charge in [-0.3, -0.25) is 4.79 Å². The summed E-state index contributed by atoms with van der Waals surface area (Å²) in [6.45, 7) is 3.57. The molecule has 0 N–H and O–H groups in total. The number of aromatic nitrogens is 1. The Labute approximate surface area is 136 Å². The molecule has 0 saturated heterocycles. The zero-order valence-electron chi connectivity index (χ0n) is 13.4. The van der Waals surface area contributed by atoms with Crippen molar-refractivity contribution < 1.29 is 17.7 Å². The normalized spacial score (nSPS) is 12.8. The Morgan fingerprint density at radius 3 is 2.52 bits per heavy atom. The van der Waals surface area contributed by atoms with E-state index in [1.54, 1.807) is 20.0 Å². The molecule has 23 heavy (non-hydrogen) atoms. The van der Waals surface area contributed by atoms with Gasteiger partial charge in [-0.25, -0.2) is 8.42 Å². The zero-order chi connectivity index (χ0) is 17.0. The van der Waals surface area contributed by atoms with Crippen LogP contribution in [0, 0.1) is 6.92 Å². The van der Waals surface area contributed by atoms with Crippen LogP contribution in [0.3, 0.4) is 0 Å². The molecule has 0 saturated carbocycles. The molecule has 6 nitrogen and oxygen atoms in total. The number of hydrogen-bond acceptors (Lipinski definition) is 5. The minimum atomic E-state index is -3.61. The third kappa shape index (κ3) is 4.66. The minimum Gasteiger partial charge on any atom is -0.360 e. The lowest BCUT2D eigenvalue weighted by Crippen LogP contribution is -2.34. The summed E-state index contributed by atoms with van der Waals surface area (Å²) in [5, 5.41) is 3.65. The van der Waals surface area contributed by atoms with Crippen molar-refractivity contribution in [2.45, 2.75) is 25.6 Å². The van der Waals surface area contributed by atoms with Crippen LogP contribution in [0.15, 0.2) is 40.9 Å². The van der Waals surface area contributed by atoms with Crippen LogP contribution in [-0.4, -0.2) is 37.2 Å². The van der Waals surface area contributed by atoms with Crippen LogP contribution < -0.4 is 0 Å². The van der Waals surface area contributed by atoms with E-state index in [1.807, 2.05) is 37.3 Å². The molecule has 1 atom stereocenters. The Bertz CT molecular complexity index is 768. The molecular weight excluding hydrogens is 316 g/mol. The first kappa shape index (κ1) is 17.2. The average molecular weight is 336 g/mol. The van der Waals surface area contributed by atoms with Crippen LogP contribution in [-0.2, 0) is 20.4 Å². The van der Waals surface area contributed by atoms with E-state index >= 15 is 0 Å². The largest absolute Gasteiger partial charge is 0.360 e. The Hall–Kier alpha value is -2.15. The summed E-state index contributed by atoms with van der Waals surface area (Å²) in [7, 11) is -2.00. The Kier molecular flexibility index (Phi) is 5.20. The number of hydrogen-bond donors (Lipinski definition) is 0. The van der Waals surface area contributed by atoms with Crippen LogP contribution in [0.4, 0.5) is 0 Å². The van der Waals surface area contributed by atoms with E-state index in [1.165, 1.54) is 4.90 Å². The van der Waals surface area contributed by atoms with Crippen molar-refractivity contribution in [2.24, 2.45) is 0 Å². The molecule has 1 aromatic carbocycles. The van der Waals surface area contributed by atoms with E-state index in [4.69, 9.17) is 4.52 Å². The van der Waals surface area contributed by atoms with Gasteiger partial charge in [0.25, 0.3) is 0 Å². The van der Waals surface area contributed by atoms with E-state index in [0.717, 1.165) is 5.56 Å². The fraction of sp³-hybridized carbons (Fsp3) is 0.375. The Balaban J connectivity index is 2.02. The Morgan fingerprint density at radius 2 is 1.96 bits per heavy atom. The van der Waals surface area contributed by atoms with Gasteiger partial charge in [0.05, 0.1) is 11.7 Å². The molecule has 2 rings (SSSR count). The van der Waals surface area contributed by atoms with Gasteiger partial charge >= 0.3 is 0 Å². The SMILES string of the molecule is Cc1cc(CS(=O)(=O)CC(=O)N(C)[C@H](C)c2ccccc2)on1.